The molecule has 0 unspecified atom stereocenters. The first-order valence-corrected chi connectivity index (χ1v) is 6.79. The quantitative estimate of drug-likeness (QED) is 0.935. The van der Waals surface area contributed by atoms with Gasteiger partial charge in [0.1, 0.15) is 5.82 Å². The largest absolute Gasteiger partial charge is 0.344 e. The van der Waals surface area contributed by atoms with E-state index < -0.39 is 0 Å². The Balaban J connectivity index is 2.11. The van der Waals surface area contributed by atoms with Crippen LogP contribution in [0.1, 0.15) is 23.5 Å². The number of hydrogen-bond acceptors (Lipinski definition) is 3. The van der Waals surface area contributed by atoms with Gasteiger partial charge in [0, 0.05) is 10.6 Å². The lowest BCUT2D eigenvalue weighted by Crippen LogP contribution is -2.31. The molecule has 19 heavy (non-hydrogen) atoms. The van der Waals surface area contributed by atoms with Crippen LogP contribution in [0.4, 0.5) is 4.39 Å². The summed E-state index contributed by atoms with van der Waals surface area (Å²) in [7, 11) is 0. The molecule has 0 aliphatic heterocycles. The number of amides is 1. The van der Waals surface area contributed by atoms with E-state index in [1.165, 1.54) is 23.5 Å². The van der Waals surface area contributed by atoms with Gasteiger partial charge in [-0.3, -0.25) is 9.59 Å². The van der Waals surface area contributed by atoms with Crippen LogP contribution >= 0.6 is 11.3 Å². The summed E-state index contributed by atoms with van der Waals surface area (Å²) in [4.78, 5) is 23.8. The number of ketones is 1. The topological polar surface area (TPSA) is 46.2 Å². The summed E-state index contributed by atoms with van der Waals surface area (Å²) in [5.41, 5.74) is 0. The van der Waals surface area contributed by atoms with Crippen LogP contribution in [0.5, 0.6) is 0 Å². The van der Waals surface area contributed by atoms with E-state index in [1.54, 1.807) is 26.0 Å². The van der Waals surface area contributed by atoms with Crippen LogP contribution < -0.4 is 5.32 Å². The van der Waals surface area contributed by atoms with Crippen LogP contribution in [-0.4, -0.2) is 18.2 Å². The Kier molecular flexibility index (Phi) is 3.95. The maximum Gasteiger partial charge on any atom is 0.261 e. The number of benzene rings is 1. The number of nitrogens with one attached hydrogen (secondary N) is 1. The van der Waals surface area contributed by atoms with Crippen molar-refractivity contribution in [2.24, 2.45) is 5.92 Å². The van der Waals surface area contributed by atoms with Crippen LogP contribution in [0.3, 0.4) is 0 Å². The van der Waals surface area contributed by atoms with Crippen molar-refractivity contribution in [2.45, 2.75) is 13.8 Å². The third-order valence-electron chi connectivity index (χ3n) is 2.77. The van der Waals surface area contributed by atoms with Gasteiger partial charge in [-0.1, -0.05) is 19.9 Å². The highest BCUT2D eigenvalue weighted by Gasteiger charge is 2.13. The molecule has 1 aromatic carbocycles. The monoisotopic (exact) mass is 279 g/mol. The molecule has 0 saturated carbocycles. The zero-order chi connectivity index (χ0) is 14.0. The molecule has 1 aromatic heterocycles. The lowest BCUT2D eigenvalue weighted by molar-refractivity contribution is -0.120. The van der Waals surface area contributed by atoms with Crippen molar-refractivity contribution < 1.29 is 14.0 Å². The maximum atomic E-state index is 13.1. The molecule has 2 aromatic rings. The molecule has 0 spiro atoms. The summed E-state index contributed by atoms with van der Waals surface area (Å²) in [6, 6.07) is 6.10. The average Bonchev–Trinajstić information content (AvgIpc) is 2.78. The van der Waals surface area contributed by atoms with Crippen LogP contribution in [0.2, 0.25) is 0 Å². The van der Waals surface area contributed by atoms with Crippen molar-refractivity contribution in [3.05, 3.63) is 35.0 Å². The second-order valence-electron chi connectivity index (χ2n) is 4.60. The number of fused-ring (bicyclic) bond motifs is 1. The summed E-state index contributed by atoms with van der Waals surface area (Å²) in [6.45, 7) is 3.60. The maximum absolute atomic E-state index is 13.1. The molecule has 0 saturated heterocycles. The van der Waals surface area contributed by atoms with Gasteiger partial charge in [-0.15, -0.1) is 11.3 Å². The van der Waals surface area contributed by atoms with Gasteiger partial charge < -0.3 is 5.32 Å². The fourth-order valence-electron chi connectivity index (χ4n) is 1.58. The van der Waals surface area contributed by atoms with Crippen molar-refractivity contribution in [2.75, 3.05) is 6.54 Å². The molecule has 1 heterocycles. The number of carbonyl (C=O) groups excluding carboxylic acids is 2. The van der Waals surface area contributed by atoms with Crippen LogP contribution in [0.15, 0.2) is 24.3 Å². The summed E-state index contributed by atoms with van der Waals surface area (Å²) in [6.07, 6.45) is 0. The number of rotatable bonds is 4. The normalized spacial score (nSPS) is 10.9. The lowest BCUT2D eigenvalue weighted by Gasteiger charge is -2.04. The second kappa shape index (κ2) is 5.48. The van der Waals surface area contributed by atoms with E-state index >= 15 is 0 Å². The summed E-state index contributed by atoms with van der Waals surface area (Å²) >= 11 is 1.22. The highest BCUT2D eigenvalue weighted by atomic mass is 32.1. The van der Waals surface area contributed by atoms with Gasteiger partial charge in [-0.2, -0.15) is 0 Å². The lowest BCUT2D eigenvalue weighted by atomic mass is 10.1. The van der Waals surface area contributed by atoms with Gasteiger partial charge in [0.05, 0.1) is 11.4 Å². The fraction of sp³-hybridized carbons (Fsp3) is 0.286. The third-order valence-corrected chi connectivity index (χ3v) is 3.87. The van der Waals surface area contributed by atoms with E-state index in [0.29, 0.717) is 4.88 Å². The van der Waals surface area contributed by atoms with E-state index in [2.05, 4.69) is 5.32 Å². The van der Waals surface area contributed by atoms with Gasteiger partial charge in [0.15, 0.2) is 5.78 Å². The van der Waals surface area contributed by atoms with Crippen LogP contribution in [-0.2, 0) is 4.79 Å². The number of halogens is 1. The molecular formula is C14H14FNO2S. The van der Waals surface area contributed by atoms with Crippen LogP contribution in [0, 0.1) is 11.7 Å². The van der Waals surface area contributed by atoms with Gasteiger partial charge in [-0.05, 0) is 23.6 Å². The zero-order valence-corrected chi connectivity index (χ0v) is 11.5. The molecule has 0 aliphatic carbocycles. The predicted octanol–water partition coefficient (Wildman–Crippen LogP) is 3.00. The number of thiophene rings is 1. The highest BCUT2D eigenvalue weighted by molar-refractivity contribution is 7.20. The van der Waals surface area contributed by atoms with Gasteiger partial charge in [0.2, 0.25) is 0 Å². The Bertz CT molecular complexity index is 633. The third kappa shape index (κ3) is 3.17. The van der Waals surface area contributed by atoms with Crippen molar-refractivity contribution >= 4 is 33.1 Å². The van der Waals surface area contributed by atoms with E-state index in [0.717, 1.165) is 10.1 Å². The Labute approximate surface area is 114 Å². The Morgan fingerprint density at radius 3 is 2.74 bits per heavy atom. The van der Waals surface area contributed by atoms with Crippen LogP contribution in [0.25, 0.3) is 10.1 Å². The molecule has 1 amide bonds. The van der Waals surface area contributed by atoms with E-state index in [4.69, 9.17) is 0 Å². The molecule has 5 heteroatoms. The zero-order valence-electron chi connectivity index (χ0n) is 10.7. The molecule has 0 radical (unpaired) electrons. The number of carbonyl (C=O) groups is 2. The molecule has 100 valence electrons. The molecule has 3 nitrogen and oxygen atoms in total. The van der Waals surface area contributed by atoms with Gasteiger partial charge in [0.25, 0.3) is 5.91 Å². The Hall–Kier alpha value is -1.75. The molecule has 0 atom stereocenters. The smallest absolute Gasteiger partial charge is 0.261 e. The van der Waals surface area contributed by atoms with Crippen molar-refractivity contribution in [3.8, 4) is 0 Å². The molecule has 1 N–H and O–H groups in total. The first kappa shape index (κ1) is 13.7. The Morgan fingerprint density at radius 1 is 1.32 bits per heavy atom. The highest BCUT2D eigenvalue weighted by Crippen LogP contribution is 2.26. The van der Waals surface area contributed by atoms with Gasteiger partial charge in [-0.25, -0.2) is 4.39 Å². The first-order valence-electron chi connectivity index (χ1n) is 5.97. The minimum absolute atomic E-state index is 0.0134. The Morgan fingerprint density at radius 2 is 2.05 bits per heavy atom. The SMILES string of the molecule is CC(C)C(=O)CNC(=O)c1cc2ccc(F)cc2s1. The summed E-state index contributed by atoms with van der Waals surface area (Å²) in [5.74, 6) is -0.732. The number of hydrogen-bond donors (Lipinski definition) is 1. The average molecular weight is 279 g/mol. The fourth-order valence-corrected chi connectivity index (χ4v) is 2.58. The van der Waals surface area contributed by atoms with Crippen molar-refractivity contribution in [3.63, 3.8) is 0 Å². The first-order chi connectivity index (χ1) is 8.97. The number of Topliss-reactive ketones (excluding diaryl/α,β-unsaturated/α-hetero) is 1. The van der Waals surface area contributed by atoms with E-state index in [1.807, 2.05) is 0 Å². The van der Waals surface area contributed by atoms with Crippen molar-refractivity contribution in [1.82, 2.24) is 5.32 Å². The van der Waals surface area contributed by atoms with Gasteiger partial charge >= 0.3 is 0 Å². The van der Waals surface area contributed by atoms with Crippen molar-refractivity contribution in [1.29, 1.82) is 0 Å². The molecule has 0 bridgehead atoms. The minimum atomic E-state index is -0.323. The minimum Gasteiger partial charge on any atom is -0.344 e. The van der Waals surface area contributed by atoms with E-state index in [9.17, 15) is 14.0 Å². The predicted molar refractivity (Wildman–Crippen MR) is 74.0 cm³/mol. The molecular weight excluding hydrogens is 265 g/mol. The molecule has 2 rings (SSSR count). The van der Waals surface area contributed by atoms with E-state index in [-0.39, 0.29) is 30.0 Å². The standard InChI is InChI=1S/C14H14FNO2S/c1-8(2)11(17)7-16-14(18)13-5-9-3-4-10(15)6-12(9)19-13/h3-6,8H,7H2,1-2H3,(H,16,18). The molecule has 0 fully saturated rings. The molecule has 0 aliphatic rings. The second-order valence-corrected chi connectivity index (χ2v) is 5.68. The summed E-state index contributed by atoms with van der Waals surface area (Å²) in [5, 5.41) is 3.41. The summed E-state index contributed by atoms with van der Waals surface area (Å²) < 4.78 is 13.8.